The Balaban J connectivity index is 1.89. The molecule has 0 aliphatic heterocycles. The third kappa shape index (κ3) is 3.42. The van der Waals surface area contributed by atoms with Gasteiger partial charge in [-0.3, -0.25) is 0 Å². The van der Waals surface area contributed by atoms with Gasteiger partial charge in [-0.2, -0.15) is 0 Å². The van der Waals surface area contributed by atoms with Gasteiger partial charge in [0.05, 0.1) is 6.61 Å². The molecule has 2 N–H and O–H groups in total. The van der Waals surface area contributed by atoms with E-state index in [1.165, 1.54) is 25.7 Å². The van der Waals surface area contributed by atoms with Crippen molar-refractivity contribution in [3.63, 3.8) is 0 Å². The zero-order valence-corrected chi connectivity index (χ0v) is 11.1. The van der Waals surface area contributed by atoms with Crippen LogP contribution in [0.4, 0.5) is 0 Å². The van der Waals surface area contributed by atoms with Crippen LogP contribution in [0.2, 0.25) is 0 Å². The lowest BCUT2D eigenvalue weighted by molar-refractivity contribution is 0.149. The number of rotatable bonds is 5. The van der Waals surface area contributed by atoms with E-state index in [1.807, 2.05) is 6.07 Å². The van der Waals surface area contributed by atoms with Crippen molar-refractivity contribution in [2.75, 3.05) is 13.2 Å². The fourth-order valence-corrected chi connectivity index (χ4v) is 2.66. The average molecular weight is 249 g/mol. The summed E-state index contributed by atoms with van der Waals surface area (Å²) in [7, 11) is 0. The molecule has 1 aromatic heterocycles. The van der Waals surface area contributed by atoms with Crippen LogP contribution in [0, 0.1) is 11.8 Å². The van der Waals surface area contributed by atoms with Crippen LogP contribution < -0.4 is 10.5 Å². The summed E-state index contributed by atoms with van der Waals surface area (Å²) in [6.45, 7) is 3.59. The highest BCUT2D eigenvalue weighted by molar-refractivity contribution is 5.13. The van der Waals surface area contributed by atoms with Crippen molar-refractivity contribution in [1.29, 1.82) is 0 Å². The van der Waals surface area contributed by atoms with E-state index in [9.17, 15) is 0 Å². The lowest BCUT2D eigenvalue weighted by atomic mass is 9.80. The highest BCUT2D eigenvalue weighted by Crippen LogP contribution is 2.29. The number of aromatic nitrogens is 2. The summed E-state index contributed by atoms with van der Waals surface area (Å²) >= 11 is 0. The molecule has 0 radical (unpaired) electrons. The van der Waals surface area contributed by atoms with Gasteiger partial charge in [0.1, 0.15) is 6.33 Å². The fourth-order valence-electron chi connectivity index (χ4n) is 2.66. The Labute approximate surface area is 109 Å². The molecule has 1 heterocycles. The standard InChI is InChI=1S/C14H23N3O/c1-2-13-7-14(17-10-16-13)18-9-12-6-4-3-5-11(12)8-15/h7,10-12H,2-6,8-9,15H2,1H3. The van der Waals surface area contributed by atoms with E-state index in [1.54, 1.807) is 6.33 Å². The summed E-state index contributed by atoms with van der Waals surface area (Å²) in [6.07, 6.45) is 7.58. The monoisotopic (exact) mass is 249 g/mol. The number of nitrogens with zero attached hydrogens (tertiary/aromatic N) is 2. The number of aryl methyl sites for hydroxylation is 1. The molecule has 18 heavy (non-hydrogen) atoms. The van der Waals surface area contributed by atoms with Crippen LogP contribution in [-0.2, 0) is 6.42 Å². The third-order valence-electron chi connectivity index (χ3n) is 3.88. The Kier molecular flexibility index (Phi) is 4.93. The largest absolute Gasteiger partial charge is 0.477 e. The first-order chi connectivity index (χ1) is 8.83. The minimum atomic E-state index is 0.587. The van der Waals surface area contributed by atoms with E-state index in [2.05, 4.69) is 16.9 Å². The molecule has 0 bridgehead atoms. The van der Waals surface area contributed by atoms with Crippen LogP contribution in [0.15, 0.2) is 12.4 Å². The van der Waals surface area contributed by atoms with Gasteiger partial charge in [0.25, 0.3) is 0 Å². The molecule has 4 heteroatoms. The second kappa shape index (κ2) is 6.69. The maximum absolute atomic E-state index is 5.83. The molecular weight excluding hydrogens is 226 g/mol. The number of hydrogen-bond donors (Lipinski definition) is 1. The van der Waals surface area contributed by atoms with Crippen molar-refractivity contribution >= 4 is 0 Å². The fraction of sp³-hybridized carbons (Fsp3) is 0.714. The number of nitrogens with two attached hydrogens (primary N) is 1. The zero-order chi connectivity index (χ0) is 12.8. The van der Waals surface area contributed by atoms with Crippen molar-refractivity contribution in [3.05, 3.63) is 18.1 Å². The molecular formula is C14H23N3O. The van der Waals surface area contributed by atoms with E-state index in [0.717, 1.165) is 25.3 Å². The van der Waals surface area contributed by atoms with E-state index in [-0.39, 0.29) is 0 Å². The first-order valence-electron chi connectivity index (χ1n) is 6.97. The molecule has 2 unspecified atom stereocenters. The highest BCUT2D eigenvalue weighted by Gasteiger charge is 2.24. The highest BCUT2D eigenvalue weighted by atomic mass is 16.5. The molecule has 0 aromatic carbocycles. The van der Waals surface area contributed by atoms with Crippen LogP contribution in [-0.4, -0.2) is 23.1 Å². The van der Waals surface area contributed by atoms with Crippen LogP contribution in [0.5, 0.6) is 5.88 Å². The Morgan fingerprint density at radius 1 is 1.28 bits per heavy atom. The Bertz CT molecular complexity index is 370. The minimum Gasteiger partial charge on any atom is -0.477 e. The van der Waals surface area contributed by atoms with Gasteiger partial charge in [0.2, 0.25) is 5.88 Å². The van der Waals surface area contributed by atoms with Gasteiger partial charge in [-0.15, -0.1) is 0 Å². The topological polar surface area (TPSA) is 61.0 Å². The number of hydrogen-bond acceptors (Lipinski definition) is 4. The Morgan fingerprint density at radius 2 is 2.06 bits per heavy atom. The summed E-state index contributed by atoms with van der Waals surface area (Å²) < 4.78 is 5.81. The minimum absolute atomic E-state index is 0.587. The van der Waals surface area contributed by atoms with Crippen LogP contribution in [0.25, 0.3) is 0 Å². The average Bonchev–Trinajstić information content (AvgIpc) is 2.45. The molecule has 0 spiro atoms. The first kappa shape index (κ1) is 13.3. The summed E-state index contributed by atoms with van der Waals surface area (Å²) in [5.41, 5.74) is 6.85. The first-order valence-corrected chi connectivity index (χ1v) is 6.97. The molecule has 1 aliphatic carbocycles. The van der Waals surface area contributed by atoms with Gasteiger partial charge in [0, 0.05) is 11.8 Å². The smallest absolute Gasteiger partial charge is 0.216 e. The molecule has 0 amide bonds. The SMILES string of the molecule is CCc1cc(OCC2CCCCC2CN)ncn1. The maximum atomic E-state index is 5.83. The quantitative estimate of drug-likeness (QED) is 0.869. The molecule has 1 saturated carbocycles. The normalized spacial score (nSPS) is 23.9. The summed E-state index contributed by atoms with van der Waals surface area (Å²) in [5.74, 6) is 1.90. The summed E-state index contributed by atoms with van der Waals surface area (Å²) in [6, 6.07) is 1.93. The molecule has 1 fully saturated rings. The molecule has 2 atom stereocenters. The summed E-state index contributed by atoms with van der Waals surface area (Å²) in [4.78, 5) is 8.33. The zero-order valence-electron chi connectivity index (χ0n) is 11.1. The predicted octanol–water partition coefficient (Wildman–Crippen LogP) is 2.18. The lowest BCUT2D eigenvalue weighted by Gasteiger charge is -2.30. The molecule has 2 rings (SSSR count). The maximum Gasteiger partial charge on any atom is 0.216 e. The van der Waals surface area contributed by atoms with Crippen molar-refractivity contribution in [1.82, 2.24) is 9.97 Å². The molecule has 4 nitrogen and oxygen atoms in total. The van der Waals surface area contributed by atoms with Gasteiger partial charge in [0.15, 0.2) is 0 Å². The van der Waals surface area contributed by atoms with Crippen molar-refractivity contribution in [2.24, 2.45) is 17.6 Å². The molecule has 0 saturated heterocycles. The van der Waals surface area contributed by atoms with Crippen LogP contribution in [0.3, 0.4) is 0 Å². The predicted molar refractivity (Wildman–Crippen MR) is 71.4 cm³/mol. The Hall–Kier alpha value is -1.16. The van der Waals surface area contributed by atoms with Crippen molar-refractivity contribution in [2.45, 2.75) is 39.0 Å². The van der Waals surface area contributed by atoms with Crippen LogP contribution in [0.1, 0.15) is 38.3 Å². The third-order valence-corrected chi connectivity index (χ3v) is 3.88. The van der Waals surface area contributed by atoms with Crippen molar-refractivity contribution in [3.8, 4) is 5.88 Å². The van der Waals surface area contributed by atoms with Gasteiger partial charge in [-0.05, 0) is 37.6 Å². The van der Waals surface area contributed by atoms with E-state index in [4.69, 9.17) is 10.5 Å². The molecule has 1 aliphatic rings. The van der Waals surface area contributed by atoms with Crippen LogP contribution >= 0.6 is 0 Å². The van der Waals surface area contributed by atoms with Gasteiger partial charge >= 0.3 is 0 Å². The van der Waals surface area contributed by atoms with Gasteiger partial charge in [-0.1, -0.05) is 19.8 Å². The second-order valence-corrected chi connectivity index (χ2v) is 5.05. The number of ether oxygens (including phenoxy) is 1. The Morgan fingerprint density at radius 3 is 2.78 bits per heavy atom. The van der Waals surface area contributed by atoms with Crippen molar-refractivity contribution < 1.29 is 4.74 Å². The molecule has 100 valence electrons. The van der Waals surface area contributed by atoms with E-state index >= 15 is 0 Å². The van der Waals surface area contributed by atoms with Gasteiger partial charge < -0.3 is 10.5 Å². The molecule has 1 aromatic rings. The van der Waals surface area contributed by atoms with E-state index < -0.39 is 0 Å². The lowest BCUT2D eigenvalue weighted by Crippen LogP contribution is -2.30. The summed E-state index contributed by atoms with van der Waals surface area (Å²) in [5, 5.41) is 0. The second-order valence-electron chi connectivity index (χ2n) is 5.05. The van der Waals surface area contributed by atoms with E-state index in [0.29, 0.717) is 17.7 Å². The van der Waals surface area contributed by atoms with Gasteiger partial charge in [-0.25, -0.2) is 9.97 Å².